The summed E-state index contributed by atoms with van der Waals surface area (Å²) in [7, 11) is 0. The van der Waals surface area contributed by atoms with Gasteiger partial charge in [0.25, 0.3) is 0 Å². The maximum absolute atomic E-state index is 5.15. The minimum Gasteiger partial charge on any atom is -0.355 e. The topological polar surface area (TPSA) is 46.3 Å². The fourth-order valence-electron chi connectivity index (χ4n) is 5.78. The molecule has 162 valence electrons. The third kappa shape index (κ3) is 2.94. The molecule has 1 spiro atoms. The number of rotatable bonds is 2. The molecular weight excluding hydrogens is 394 g/mol. The third-order valence-corrected chi connectivity index (χ3v) is 7.78. The monoisotopic (exact) mass is 423 g/mol. The first-order valence-corrected chi connectivity index (χ1v) is 11.6. The van der Waals surface area contributed by atoms with Gasteiger partial charge in [-0.1, -0.05) is 24.3 Å². The smallest absolute Gasteiger partial charge is 0.155 e. The molecule has 0 bridgehead atoms. The van der Waals surface area contributed by atoms with E-state index in [0.717, 1.165) is 42.2 Å². The predicted octanol–water partition coefficient (Wildman–Crippen LogP) is 5.10. The van der Waals surface area contributed by atoms with E-state index in [0.29, 0.717) is 5.41 Å². The molecule has 32 heavy (non-hydrogen) atoms. The molecule has 6 rings (SSSR count). The van der Waals surface area contributed by atoms with Gasteiger partial charge < -0.3 is 4.90 Å². The minimum absolute atomic E-state index is 0.372. The van der Waals surface area contributed by atoms with Crippen molar-refractivity contribution in [1.82, 2.24) is 19.6 Å². The third-order valence-electron chi connectivity index (χ3n) is 7.78. The Morgan fingerprint density at radius 1 is 0.906 bits per heavy atom. The van der Waals surface area contributed by atoms with Crippen LogP contribution >= 0.6 is 0 Å². The molecule has 1 aliphatic heterocycles. The standard InChI is InChI=1S/C27H29N5/c1-18-6-4-8-22(19(18)2)25-20(3)30-26(24-9-13-29-32(24)25)31-14-10-27(11-15-31)16-21-7-5-12-28-23(21)17-27/h4-9,12-13H,10-11,14-17H2,1-3H3. The van der Waals surface area contributed by atoms with Gasteiger partial charge in [0.1, 0.15) is 5.52 Å². The van der Waals surface area contributed by atoms with E-state index < -0.39 is 0 Å². The van der Waals surface area contributed by atoms with Crippen LogP contribution in [0.3, 0.4) is 0 Å². The zero-order valence-corrected chi connectivity index (χ0v) is 19.1. The van der Waals surface area contributed by atoms with Crippen LogP contribution in [0.15, 0.2) is 48.8 Å². The molecule has 5 nitrogen and oxygen atoms in total. The molecule has 0 saturated carbocycles. The van der Waals surface area contributed by atoms with E-state index in [4.69, 9.17) is 10.1 Å². The molecule has 1 saturated heterocycles. The zero-order valence-electron chi connectivity index (χ0n) is 19.1. The second-order valence-corrected chi connectivity index (χ2v) is 9.69. The number of piperidine rings is 1. The Bertz CT molecular complexity index is 1300. The Balaban J connectivity index is 1.34. The number of aryl methyl sites for hydroxylation is 2. The van der Waals surface area contributed by atoms with Gasteiger partial charge in [-0.25, -0.2) is 9.50 Å². The van der Waals surface area contributed by atoms with Gasteiger partial charge >= 0.3 is 0 Å². The van der Waals surface area contributed by atoms with Crippen molar-refractivity contribution in [2.24, 2.45) is 5.41 Å². The Hall–Kier alpha value is -3.21. The lowest BCUT2D eigenvalue weighted by atomic mass is 9.76. The molecule has 0 unspecified atom stereocenters. The van der Waals surface area contributed by atoms with Gasteiger partial charge in [0, 0.05) is 30.5 Å². The highest BCUT2D eigenvalue weighted by atomic mass is 15.3. The van der Waals surface area contributed by atoms with E-state index >= 15 is 0 Å². The summed E-state index contributed by atoms with van der Waals surface area (Å²) in [4.78, 5) is 12.3. The number of hydrogen-bond acceptors (Lipinski definition) is 4. The molecular formula is C27H29N5. The summed E-state index contributed by atoms with van der Waals surface area (Å²) in [5.74, 6) is 1.07. The van der Waals surface area contributed by atoms with Crippen molar-refractivity contribution in [2.75, 3.05) is 18.0 Å². The maximum atomic E-state index is 5.15. The van der Waals surface area contributed by atoms with Crippen LogP contribution in [0.2, 0.25) is 0 Å². The number of pyridine rings is 1. The second kappa shape index (κ2) is 7.16. The largest absolute Gasteiger partial charge is 0.355 e. The van der Waals surface area contributed by atoms with E-state index in [9.17, 15) is 0 Å². The second-order valence-electron chi connectivity index (χ2n) is 9.69. The number of anilines is 1. The molecule has 1 aromatic carbocycles. The van der Waals surface area contributed by atoms with Crippen LogP contribution < -0.4 is 4.90 Å². The van der Waals surface area contributed by atoms with E-state index in [1.165, 1.54) is 47.2 Å². The number of benzene rings is 1. The highest BCUT2D eigenvalue weighted by Crippen LogP contribution is 2.45. The average Bonchev–Trinajstić information content (AvgIpc) is 3.41. The first-order chi connectivity index (χ1) is 15.5. The van der Waals surface area contributed by atoms with Crippen LogP contribution in [0, 0.1) is 26.2 Å². The molecule has 1 fully saturated rings. The lowest BCUT2D eigenvalue weighted by molar-refractivity contribution is 0.231. The van der Waals surface area contributed by atoms with Crippen LogP contribution in [0.25, 0.3) is 16.8 Å². The highest BCUT2D eigenvalue weighted by Gasteiger charge is 2.41. The minimum atomic E-state index is 0.372. The zero-order chi connectivity index (χ0) is 21.9. The van der Waals surface area contributed by atoms with E-state index in [1.54, 1.807) is 0 Å². The summed E-state index contributed by atoms with van der Waals surface area (Å²) in [5, 5.41) is 4.72. The van der Waals surface area contributed by atoms with Gasteiger partial charge in [-0.3, -0.25) is 4.98 Å². The van der Waals surface area contributed by atoms with Crippen molar-refractivity contribution < 1.29 is 0 Å². The van der Waals surface area contributed by atoms with Crippen LogP contribution in [0.4, 0.5) is 5.82 Å². The average molecular weight is 424 g/mol. The van der Waals surface area contributed by atoms with Crippen molar-refractivity contribution in [3.05, 3.63) is 76.9 Å². The fraction of sp³-hybridized carbons (Fsp3) is 0.370. The maximum Gasteiger partial charge on any atom is 0.155 e. The lowest BCUT2D eigenvalue weighted by Gasteiger charge is -2.40. The van der Waals surface area contributed by atoms with Crippen molar-refractivity contribution >= 4 is 11.3 Å². The molecule has 0 amide bonds. The first-order valence-electron chi connectivity index (χ1n) is 11.6. The van der Waals surface area contributed by atoms with E-state index in [-0.39, 0.29) is 0 Å². The Kier molecular flexibility index (Phi) is 4.36. The molecule has 1 aliphatic carbocycles. The number of hydrogen-bond donors (Lipinski definition) is 0. The fourth-order valence-corrected chi connectivity index (χ4v) is 5.78. The summed E-state index contributed by atoms with van der Waals surface area (Å²) in [5.41, 5.74) is 10.1. The summed E-state index contributed by atoms with van der Waals surface area (Å²) >= 11 is 0. The Morgan fingerprint density at radius 3 is 2.56 bits per heavy atom. The number of fused-ring (bicyclic) bond motifs is 2. The molecule has 5 heteroatoms. The molecule has 4 aromatic rings. The van der Waals surface area contributed by atoms with Crippen LogP contribution in [-0.2, 0) is 12.8 Å². The Morgan fingerprint density at radius 2 is 1.75 bits per heavy atom. The molecule has 2 aliphatic rings. The van der Waals surface area contributed by atoms with Gasteiger partial charge in [-0.05, 0) is 80.7 Å². The van der Waals surface area contributed by atoms with Gasteiger partial charge in [0.15, 0.2) is 5.82 Å². The normalized spacial score (nSPS) is 17.3. The van der Waals surface area contributed by atoms with Crippen molar-refractivity contribution in [3.63, 3.8) is 0 Å². The molecule has 0 N–H and O–H groups in total. The summed E-state index contributed by atoms with van der Waals surface area (Å²) in [6.45, 7) is 8.53. The SMILES string of the molecule is Cc1cccc(-c2c(C)nc(N3CCC4(CC3)Cc3cccnc3C4)c3ccnn23)c1C. The summed E-state index contributed by atoms with van der Waals surface area (Å²) in [6.07, 6.45) is 8.50. The van der Waals surface area contributed by atoms with Gasteiger partial charge in [-0.2, -0.15) is 5.10 Å². The lowest BCUT2D eigenvalue weighted by Crippen LogP contribution is -2.41. The van der Waals surface area contributed by atoms with Crippen LogP contribution in [0.5, 0.6) is 0 Å². The Labute approximate surface area is 189 Å². The van der Waals surface area contributed by atoms with E-state index in [1.807, 2.05) is 12.4 Å². The first kappa shape index (κ1) is 19.5. The van der Waals surface area contributed by atoms with Gasteiger partial charge in [0.2, 0.25) is 0 Å². The highest BCUT2D eigenvalue weighted by molar-refractivity contribution is 5.77. The quantitative estimate of drug-likeness (QED) is 0.450. The summed E-state index contributed by atoms with van der Waals surface area (Å²) in [6, 6.07) is 12.9. The van der Waals surface area contributed by atoms with Crippen LogP contribution in [-0.4, -0.2) is 32.7 Å². The van der Waals surface area contributed by atoms with Crippen molar-refractivity contribution in [2.45, 2.75) is 46.5 Å². The molecule has 0 radical (unpaired) electrons. The van der Waals surface area contributed by atoms with Crippen molar-refractivity contribution in [3.8, 4) is 11.3 Å². The van der Waals surface area contributed by atoms with Crippen molar-refractivity contribution in [1.29, 1.82) is 0 Å². The summed E-state index contributed by atoms with van der Waals surface area (Å²) < 4.78 is 2.10. The van der Waals surface area contributed by atoms with Gasteiger partial charge in [-0.15, -0.1) is 0 Å². The van der Waals surface area contributed by atoms with Gasteiger partial charge in [0.05, 0.1) is 17.6 Å². The van der Waals surface area contributed by atoms with Crippen LogP contribution in [0.1, 0.15) is 40.9 Å². The number of aromatic nitrogens is 4. The van der Waals surface area contributed by atoms with E-state index in [2.05, 4.69) is 71.6 Å². The predicted molar refractivity (Wildman–Crippen MR) is 128 cm³/mol. The number of nitrogens with zero attached hydrogens (tertiary/aromatic N) is 5. The molecule has 3 aromatic heterocycles. The molecule has 0 atom stereocenters. The molecule has 4 heterocycles.